The van der Waals surface area contributed by atoms with Crippen molar-refractivity contribution in [3.05, 3.63) is 0 Å². The van der Waals surface area contributed by atoms with Crippen LogP contribution in [-0.4, -0.2) is 44.5 Å². The Hall–Kier alpha value is -0.660. The lowest BCUT2D eigenvalue weighted by Crippen LogP contribution is -2.38. The van der Waals surface area contributed by atoms with E-state index in [0.29, 0.717) is 6.61 Å². The average Bonchev–Trinajstić information content (AvgIpc) is 2.68. The van der Waals surface area contributed by atoms with E-state index in [1.54, 1.807) is 13.8 Å². The Morgan fingerprint density at radius 2 is 2.17 bits per heavy atom. The van der Waals surface area contributed by atoms with Gasteiger partial charge in [-0.3, -0.25) is 4.79 Å². The number of carboxylic acids is 1. The van der Waals surface area contributed by atoms with E-state index in [4.69, 9.17) is 9.84 Å². The zero-order valence-corrected chi connectivity index (χ0v) is 11.6. The monoisotopic (exact) mass is 279 g/mol. The lowest BCUT2D eigenvalue weighted by atomic mass is 9.97. The molecule has 106 valence electrons. The molecule has 0 aromatic heterocycles. The van der Waals surface area contributed by atoms with E-state index in [1.165, 1.54) is 0 Å². The molecule has 6 nitrogen and oxygen atoms in total. The minimum Gasteiger partial charge on any atom is -0.481 e. The average molecular weight is 279 g/mol. The Morgan fingerprint density at radius 3 is 2.61 bits per heavy atom. The van der Waals surface area contributed by atoms with Crippen molar-refractivity contribution in [1.29, 1.82) is 0 Å². The van der Waals surface area contributed by atoms with Gasteiger partial charge in [-0.2, -0.15) is 0 Å². The van der Waals surface area contributed by atoms with Crippen LogP contribution in [0.2, 0.25) is 0 Å². The van der Waals surface area contributed by atoms with Crippen LogP contribution in [0.15, 0.2) is 0 Å². The Morgan fingerprint density at radius 1 is 1.50 bits per heavy atom. The van der Waals surface area contributed by atoms with Gasteiger partial charge in [-0.25, -0.2) is 13.1 Å². The largest absolute Gasteiger partial charge is 0.481 e. The van der Waals surface area contributed by atoms with Crippen LogP contribution >= 0.6 is 0 Å². The van der Waals surface area contributed by atoms with Crippen LogP contribution < -0.4 is 4.72 Å². The fraction of sp³-hybridized carbons (Fsp3) is 0.909. The Balaban J connectivity index is 2.47. The smallest absolute Gasteiger partial charge is 0.308 e. The van der Waals surface area contributed by atoms with Gasteiger partial charge < -0.3 is 9.84 Å². The number of carboxylic acid groups (broad SMARTS) is 1. The van der Waals surface area contributed by atoms with Crippen LogP contribution in [-0.2, 0) is 19.6 Å². The fourth-order valence-corrected chi connectivity index (χ4v) is 3.21. The van der Waals surface area contributed by atoms with Gasteiger partial charge in [-0.15, -0.1) is 0 Å². The van der Waals surface area contributed by atoms with Crippen LogP contribution in [0.5, 0.6) is 0 Å². The number of carbonyl (C=O) groups is 1. The van der Waals surface area contributed by atoms with Gasteiger partial charge in [0.1, 0.15) is 0 Å². The summed E-state index contributed by atoms with van der Waals surface area (Å²) in [5, 5.41) is 8.97. The molecule has 1 rings (SSSR count). The van der Waals surface area contributed by atoms with Crippen molar-refractivity contribution >= 4 is 16.0 Å². The highest BCUT2D eigenvalue weighted by atomic mass is 32.2. The third-order valence-corrected chi connectivity index (χ3v) is 4.49. The minimum atomic E-state index is -3.47. The van der Waals surface area contributed by atoms with Crippen molar-refractivity contribution in [2.24, 2.45) is 11.8 Å². The summed E-state index contributed by atoms with van der Waals surface area (Å²) in [6.45, 7) is 4.05. The van der Waals surface area contributed by atoms with Crippen LogP contribution in [0.1, 0.15) is 26.7 Å². The van der Waals surface area contributed by atoms with Crippen molar-refractivity contribution in [2.75, 3.05) is 18.9 Å². The molecule has 1 aliphatic heterocycles. The lowest BCUT2D eigenvalue weighted by molar-refractivity contribution is -0.142. The second-order valence-electron chi connectivity index (χ2n) is 4.95. The molecule has 2 unspecified atom stereocenters. The SMILES string of the molecule is CC(C)C(CNS(=O)(=O)CC1CCCO1)C(=O)O. The zero-order valence-electron chi connectivity index (χ0n) is 10.8. The molecule has 1 saturated heterocycles. The van der Waals surface area contributed by atoms with Gasteiger partial charge in [0, 0.05) is 13.2 Å². The van der Waals surface area contributed by atoms with Crippen molar-refractivity contribution in [1.82, 2.24) is 4.72 Å². The predicted octanol–water partition coefficient (Wildman–Crippen LogP) is 0.442. The van der Waals surface area contributed by atoms with Gasteiger partial charge in [0.15, 0.2) is 0 Å². The maximum absolute atomic E-state index is 11.8. The van der Waals surface area contributed by atoms with E-state index < -0.39 is 21.9 Å². The second-order valence-corrected chi connectivity index (χ2v) is 6.81. The highest BCUT2D eigenvalue weighted by Gasteiger charge is 2.26. The van der Waals surface area contributed by atoms with Crippen LogP contribution in [0.4, 0.5) is 0 Å². The molecule has 0 aromatic rings. The Bertz CT molecular complexity index is 373. The van der Waals surface area contributed by atoms with E-state index in [-0.39, 0.29) is 24.3 Å². The number of nitrogens with one attached hydrogen (secondary N) is 1. The van der Waals surface area contributed by atoms with Gasteiger partial charge in [-0.1, -0.05) is 13.8 Å². The molecule has 7 heteroatoms. The summed E-state index contributed by atoms with van der Waals surface area (Å²) in [7, 11) is -3.47. The standard InChI is InChI=1S/C11H21NO5S/c1-8(2)10(11(13)14)6-12-18(15,16)7-9-4-3-5-17-9/h8-10,12H,3-7H2,1-2H3,(H,13,14). The molecular weight excluding hydrogens is 258 g/mol. The molecule has 1 aliphatic rings. The molecule has 0 saturated carbocycles. The third kappa shape index (κ3) is 4.91. The first-order valence-corrected chi connectivity index (χ1v) is 7.79. The van der Waals surface area contributed by atoms with Crippen LogP contribution in [0.3, 0.4) is 0 Å². The highest BCUT2D eigenvalue weighted by Crippen LogP contribution is 2.14. The van der Waals surface area contributed by atoms with Crippen molar-refractivity contribution < 1.29 is 23.1 Å². The molecule has 2 atom stereocenters. The Labute approximate surface area is 108 Å². The van der Waals surface area contributed by atoms with Crippen molar-refractivity contribution in [3.63, 3.8) is 0 Å². The van der Waals surface area contributed by atoms with E-state index in [2.05, 4.69) is 4.72 Å². The summed E-state index contributed by atoms with van der Waals surface area (Å²) < 4.78 is 31.1. The normalized spacial score (nSPS) is 22.3. The maximum atomic E-state index is 11.8. The molecule has 18 heavy (non-hydrogen) atoms. The number of rotatable bonds is 7. The second kappa shape index (κ2) is 6.49. The number of hydrogen-bond donors (Lipinski definition) is 2. The molecule has 0 aromatic carbocycles. The van der Waals surface area contributed by atoms with E-state index in [0.717, 1.165) is 12.8 Å². The fourth-order valence-electron chi connectivity index (χ4n) is 1.90. The first-order valence-electron chi connectivity index (χ1n) is 6.13. The minimum absolute atomic E-state index is 0.0674. The van der Waals surface area contributed by atoms with Crippen LogP contribution in [0, 0.1) is 11.8 Å². The zero-order chi connectivity index (χ0) is 13.8. The van der Waals surface area contributed by atoms with E-state index >= 15 is 0 Å². The summed E-state index contributed by atoms with van der Waals surface area (Å²) in [5.74, 6) is -1.89. The maximum Gasteiger partial charge on any atom is 0.308 e. The Kier molecular flexibility index (Phi) is 5.55. The number of ether oxygens (including phenoxy) is 1. The van der Waals surface area contributed by atoms with Crippen LogP contribution in [0.25, 0.3) is 0 Å². The van der Waals surface area contributed by atoms with E-state index in [1.807, 2.05) is 0 Å². The summed E-state index contributed by atoms with van der Waals surface area (Å²) in [5.41, 5.74) is 0. The first kappa shape index (κ1) is 15.4. The highest BCUT2D eigenvalue weighted by molar-refractivity contribution is 7.89. The molecule has 0 aliphatic carbocycles. The number of sulfonamides is 1. The molecular formula is C11H21NO5S. The summed E-state index contributed by atoms with van der Waals surface area (Å²) in [6.07, 6.45) is 1.36. The molecule has 1 fully saturated rings. The molecule has 1 heterocycles. The molecule has 0 bridgehead atoms. The summed E-state index contributed by atoms with van der Waals surface area (Å²) in [4.78, 5) is 10.9. The summed E-state index contributed by atoms with van der Waals surface area (Å²) in [6, 6.07) is 0. The molecule has 2 N–H and O–H groups in total. The first-order chi connectivity index (χ1) is 8.32. The molecule has 0 radical (unpaired) electrons. The van der Waals surface area contributed by atoms with E-state index in [9.17, 15) is 13.2 Å². The van der Waals surface area contributed by atoms with Gasteiger partial charge in [0.2, 0.25) is 10.0 Å². The molecule has 0 spiro atoms. The number of aliphatic carboxylic acids is 1. The summed E-state index contributed by atoms with van der Waals surface area (Å²) >= 11 is 0. The quantitative estimate of drug-likeness (QED) is 0.705. The van der Waals surface area contributed by atoms with Crippen molar-refractivity contribution in [2.45, 2.75) is 32.8 Å². The lowest BCUT2D eigenvalue weighted by Gasteiger charge is -2.17. The third-order valence-electron chi connectivity index (χ3n) is 3.07. The number of hydrogen-bond acceptors (Lipinski definition) is 4. The van der Waals surface area contributed by atoms with Gasteiger partial charge in [-0.05, 0) is 18.8 Å². The van der Waals surface area contributed by atoms with Gasteiger partial charge in [0.25, 0.3) is 0 Å². The van der Waals surface area contributed by atoms with Crippen molar-refractivity contribution in [3.8, 4) is 0 Å². The molecule has 0 amide bonds. The predicted molar refractivity (Wildman–Crippen MR) is 66.7 cm³/mol. The van der Waals surface area contributed by atoms with Gasteiger partial charge >= 0.3 is 5.97 Å². The topological polar surface area (TPSA) is 92.7 Å². The van der Waals surface area contributed by atoms with Gasteiger partial charge in [0.05, 0.1) is 17.8 Å².